The van der Waals surface area contributed by atoms with Gasteiger partial charge in [-0.05, 0) is 6.07 Å². The summed E-state index contributed by atoms with van der Waals surface area (Å²) < 4.78 is 4.65. The number of nitrogens with zero attached hydrogens (tertiary/aromatic N) is 1. The molecule has 2 N–H and O–H groups in total. The molecule has 0 atom stereocenters. The zero-order valence-corrected chi connectivity index (χ0v) is 4.09. The Hall–Kier alpha value is -1.43. The summed E-state index contributed by atoms with van der Waals surface area (Å²) in [6.07, 6.45) is 0. The number of furan rings is 1. The standard InChI is InChI=1S/C5H4N2O/c6-3-4-1-2-5(7)8-4/h1-2H,7H2. The molecule has 0 saturated heterocycles. The molecule has 0 aliphatic rings. The third-order valence-electron chi connectivity index (χ3n) is 0.737. The van der Waals surface area contributed by atoms with Crippen molar-refractivity contribution in [2.45, 2.75) is 0 Å². The first-order chi connectivity index (χ1) is 3.83. The molecular formula is C5H4N2O. The second-order valence-corrected chi connectivity index (χ2v) is 1.31. The SMILES string of the molecule is N#Cc1ccc(N)o1. The maximum Gasteiger partial charge on any atom is 0.206 e. The number of anilines is 1. The Kier molecular flexibility index (Phi) is 0.935. The fourth-order valence-corrected chi connectivity index (χ4v) is 0.413. The molecule has 0 saturated carbocycles. The number of hydrogen-bond acceptors (Lipinski definition) is 3. The van der Waals surface area contributed by atoms with E-state index in [4.69, 9.17) is 11.0 Å². The maximum absolute atomic E-state index is 8.15. The molecule has 0 aromatic carbocycles. The topological polar surface area (TPSA) is 63.0 Å². The highest BCUT2D eigenvalue weighted by Gasteiger charge is 1.92. The van der Waals surface area contributed by atoms with Crippen LogP contribution in [0.1, 0.15) is 5.76 Å². The first-order valence-corrected chi connectivity index (χ1v) is 2.08. The molecule has 0 aliphatic heterocycles. The zero-order valence-electron chi connectivity index (χ0n) is 4.09. The van der Waals surface area contributed by atoms with E-state index >= 15 is 0 Å². The highest BCUT2D eigenvalue weighted by atomic mass is 16.3. The molecule has 8 heavy (non-hydrogen) atoms. The van der Waals surface area contributed by atoms with Crippen molar-refractivity contribution in [1.29, 1.82) is 5.26 Å². The third-order valence-corrected chi connectivity index (χ3v) is 0.737. The Labute approximate surface area is 46.3 Å². The van der Waals surface area contributed by atoms with Gasteiger partial charge in [-0.1, -0.05) is 0 Å². The van der Waals surface area contributed by atoms with Gasteiger partial charge in [0, 0.05) is 6.07 Å². The van der Waals surface area contributed by atoms with Gasteiger partial charge in [0.15, 0.2) is 5.88 Å². The Bertz CT molecular complexity index is 221. The fraction of sp³-hybridized carbons (Fsp3) is 0. The largest absolute Gasteiger partial charge is 0.431 e. The Morgan fingerprint density at radius 1 is 1.62 bits per heavy atom. The van der Waals surface area contributed by atoms with Gasteiger partial charge in [-0.25, -0.2) is 0 Å². The van der Waals surface area contributed by atoms with Gasteiger partial charge < -0.3 is 10.2 Å². The van der Waals surface area contributed by atoms with E-state index in [9.17, 15) is 0 Å². The number of nitriles is 1. The maximum atomic E-state index is 8.15. The summed E-state index contributed by atoms with van der Waals surface area (Å²) in [4.78, 5) is 0. The van der Waals surface area contributed by atoms with Gasteiger partial charge in [0.05, 0.1) is 0 Å². The van der Waals surface area contributed by atoms with E-state index in [2.05, 4.69) is 4.42 Å². The fourth-order valence-electron chi connectivity index (χ4n) is 0.413. The van der Waals surface area contributed by atoms with Crippen molar-refractivity contribution in [2.24, 2.45) is 0 Å². The molecule has 0 radical (unpaired) electrons. The molecule has 0 aliphatic carbocycles. The molecule has 0 unspecified atom stereocenters. The lowest BCUT2D eigenvalue weighted by Gasteiger charge is -1.75. The highest BCUT2D eigenvalue weighted by molar-refractivity contribution is 5.30. The van der Waals surface area contributed by atoms with Crippen LogP contribution in [-0.2, 0) is 0 Å². The first-order valence-electron chi connectivity index (χ1n) is 2.08. The van der Waals surface area contributed by atoms with Gasteiger partial charge in [-0.2, -0.15) is 5.26 Å². The summed E-state index contributed by atoms with van der Waals surface area (Å²) in [5.41, 5.74) is 5.14. The van der Waals surface area contributed by atoms with Crippen LogP contribution < -0.4 is 5.73 Å². The summed E-state index contributed by atoms with van der Waals surface area (Å²) in [7, 11) is 0. The lowest BCUT2D eigenvalue weighted by atomic mass is 10.5. The Balaban J connectivity index is 3.05. The van der Waals surface area contributed by atoms with Crippen LogP contribution in [0.15, 0.2) is 16.5 Å². The second-order valence-electron chi connectivity index (χ2n) is 1.31. The minimum Gasteiger partial charge on any atom is -0.431 e. The first kappa shape index (κ1) is 4.72. The molecule has 1 heterocycles. The van der Waals surface area contributed by atoms with E-state index in [0.717, 1.165) is 0 Å². The van der Waals surface area contributed by atoms with Gasteiger partial charge in [0.1, 0.15) is 6.07 Å². The Morgan fingerprint density at radius 3 is 2.62 bits per heavy atom. The van der Waals surface area contributed by atoms with Gasteiger partial charge in [0.25, 0.3) is 0 Å². The average molecular weight is 108 g/mol. The molecule has 40 valence electrons. The van der Waals surface area contributed by atoms with E-state index in [1.807, 2.05) is 0 Å². The quantitative estimate of drug-likeness (QED) is 0.533. The van der Waals surface area contributed by atoms with E-state index in [1.165, 1.54) is 6.07 Å². The van der Waals surface area contributed by atoms with Crippen molar-refractivity contribution in [1.82, 2.24) is 0 Å². The molecule has 0 bridgehead atoms. The van der Waals surface area contributed by atoms with E-state index < -0.39 is 0 Å². The Morgan fingerprint density at radius 2 is 2.38 bits per heavy atom. The third kappa shape index (κ3) is 0.636. The number of rotatable bonds is 0. The minimum atomic E-state index is 0.252. The predicted octanol–water partition coefficient (Wildman–Crippen LogP) is 0.733. The molecule has 3 heteroatoms. The smallest absolute Gasteiger partial charge is 0.206 e. The summed E-state index contributed by atoms with van der Waals surface area (Å²) in [5, 5.41) is 8.15. The van der Waals surface area contributed by atoms with Crippen molar-refractivity contribution >= 4 is 5.88 Å². The summed E-state index contributed by atoms with van der Waals surface area (Å²) in [6, 6.07) is 4.86. The lowest BCUT2D eigenvalue weighted by molar-refractivity contribution is 0.572. The second kappa shape index (κ2) is 1.58. The minimum absolute atomic E-state index is 0.252. The van der Waals surface area contributed by atoms with E-state index in [1.54, 1.807) is 12.1 Å². The number of nitrogens with two attached hydrogens (primary N) is 1. The summed E-state index contributed by atoms with van der Waals surface area (Å²) in [5.74, 6) is 0.532. The zero-order chi connectivity index (χ0) is 5.98. The van der Waals surface area contributed by atoms with Crippen LogP contribution >= 0.6 is 0 Å². The lowest BCUT2D eigenvalue weighted by Crippen LogP contribution is -1.75. The van der Waals surface area contributed by atoms with Crippen molar-refractivity contribution in [2.75, 3.05) is 5.73 Å². The predicted molar refractivity (Wildman–Crippen MR) is 27.8 cm³/mol. The van der Waals surface area contributed by atoms with Gasteiger partial charge in [0.2, 0.25) is 5.76 Å². The molecule has 1 aromatic rings. The van der Waals surface area contributed by atoms with Crippen molar-refractivity contribution in [3.05, 3.63) is 17.9 Å². The van der Waals surface area contributed by atoms with Gasteiger partial charge in [-0.15, -0.1) is 0 Å². The molecule has 0 amide bonds. The summed E-state index contributed by atoms with van der Waals surface area (Å²) in [6.45, 7) is 0. The van der Waals surface area contributed by atoms with Crippen LogP contribution in [0.25, 0.3) is 0 Å². The number of hydrogen-bond donors (Lipinski definition) is 1. The normalized spacial score (nSPS) is 8.38. The van der Waals surface area contributed by atoms with Crippen LogP contribution in [-0.4, -0.2) is 0 Å². The highest BCUT2D eigenvalue weighted by Crippen LogP contribution is 2.06. The molecule has 0 fully saturated rings. The van der Waals surface area contributed by atoms with Crippen LogP contribution in [0.5, 0.6) is 0 Å². The van der Waals surface area contributed by atoms with Crippen LogP contribution in [0, 0.1) is 11.3 Å². The van der Waals surface area contributed by atoms with Crippen LogP contribution in [0.4, 0.5) is 5.88 Å². The van der Waals surface area contributed by atoms with Crippen molar-refractivity contribution in [3.63, 3.8) is 0 Å². The number of nitrogen functional groups attached to an aromatic ring is 1. The monoisotopic (exact) mass is 108 g/mol. The molecular weight excluding hydrogens is 104 g/mol. The van der Waals surface area contributed by atoms with Crippen LogP contribution in [0.2, 0.25) is 0 Å². The average Bonchev–Trinajstić information content (AvgIpc) is 2.14. The van der Waals surface area contributed by atoms with Crippen LogP contribution in [0.3, 0.4) is 0 Å². The van der Waals surface area contributed by atoms with E-state index in [0.29, 0.717) is 0 Å². The van der Waals surface area contributed by atoms with Gasteiger partial charge in [-0.3, -0.25) is 0 Å². The molecule has 3 nitrogen and oxygen atoms in total. The van der Waals surface area contributed by atoms with E-state index in [-0.39, 0.29) is 11.6 Å². The molecule has 0 spiro atoms. The molecule has 1 rings (SSSR count). The van der Waals surface area contributed by atoms with Crippen molar-refractivity contribution < 1.29 is 4.42 Å². The molecule has 1 aromatic heterocycles. The van der Waals surface area contributed by atoms with Gasteiger partial charge >= 0.3 is 0 Å². The van der Waals surface area contributed by atoms with Crippen molar-refractivity contribution in [3.8, 4) is 6.07 Å². The summed E-state index contributed by atoms with van der Waals surface area (Å²) >= 11 is 0.